The van der Waals surface area contributed by atoms with Crippen LogP contribution in [0.15, 0.2) is 52.6 Å². The molecule has 0 atom stereocenters. The number of hydrazone groups is 1. The molecule has 0 saturated carbocycles. The Morgan fingerprint density at radius 3 is 2.50 bits per heavy atom. The third kappa shape index (κ3) is 4.86. The Kier molecular flexibility index (Phi) is 6.28. The van der Waals surface area contributed by atoms with Crippen LogP contribution in [0.3, 0.4) is 0 Å². The van der Waals surface area contributed by atoms with Gasteiger partial charge in [-0.1, -0.05) is 17.7 Å². The maximum Gasteiger partial charge on any atom is 0.295 e. The average Bonchev–Trinajstić information content (AvgIpc) is 3.07. The molecule has 2 aromatic rings. The number of hydrogen-bond donors (Lipinski definition) is 2. The molecular formula is C19H26N5O3S+. The third-order valence-corrected chi connectivity index (χ3v) is 6.78. The lowest BCUT2D eigenvalue weighted by Gasteiger charge is -2.31. The van der Waals surface area contributed by atoms with Crippen molar-refractivity contribution in [2.24, 2.45) is 12.1 Å². The van der Waals surface area contributed by atoms with Gasteiger partial charge in [0.1, 0.15) is 0 Å². The molecule has 1 saturated heterocycles. The maximum atomic E-state index is 12.7. The molecule has 8 nitrogen and oxygen atoms in total. The Morgan fingerprint density at radius 2 is 1.89 bits per heavy atom. The van der Waals surface area contributed by atoms with Gasteiger partial charge in [0.15, 0.2) is 6.54 Å². The van der Waals surface area contributed by atoms with Gasteiger partial charge in [-0.25, -0.2) is 13.8 Å². The zero-order chi connectivity index (χ0) is 20.1. The zero-order valence-electron chi connectivity index (χ0n) is 16.1. The van der Waals surface area contributed by atoms with Gasteiger partial charge in [-0.2, -0.15) is 9.41 Å². The summed E-state index contributed by atoms with van der Waals surface area (Å²) in [6.07, 6.45) is 3.50. The Hall–Kier alpha value is -2.49. The summed E-state index contributed by atoms with van der Waals surface area (Å²) in [5.74, 6) is -0.185. The van der Waals surface area contributed by atoms with E-state index in [-0.39, 0.29) is 12.5 Å². The molecule has 1 aliphatic heterocycles. The Bertz CT molecular complexity index is 942. The number of carbonyl (C=O) groups is 1. The second-order valence-corrected chi connectivity index (χ2v) is 8.92. The van der Waals surface area contributed by atoms with Crippen molar-refractivity contribution in [3.05, 3.63) is 53.9 Å². The highest BCUT2D eigenvalue weighted by atomic mass is 32.2. The van der Waals surface area contributed by atoms with E-state index in [2.05, 4.69) is 10.5 Å². The fraction of sp³-hybridized carbons (Fsp3) is 0.368. The van der Waals surface area contributed by atoms with Crippen molar-refractivity contribution in [1.82, 2.24) is 14.3 Å². The number of nitrogens with zero attached hydrogens (tertiary/aromatic N) is 3. The van der Waals surface area contributed by atoms with Crippen LogP contribution in [0.4, 0.5) is 0 Å². The van der Waals surface area contributed by atoms with E-state index in [1.807, 2.05) is 36.9 Å². The molecule has 28 heavy (non-hydrogen) atoms. The summed E-state index contributed by atoms with van der Waals surface area (Å²) in [4.78, 5) is 13.4. The SMILES string of the molecule is Cc1ccc(S(=O)(=O)N2CC[NH+](CC(=O)N/N=C\c3cccn3C)CC2)cc1. The van der Waals surface area contributed by atoms with Crippen LogP contribution in [0, 0.1) is 6.92 Å². The van der Waals surface area contributed by atoms with E-state index in [9.17, 15) is 13.2 Å². The van der Waals surface area contributed by atoms with E-state index in [0.717, 1.165) is 16.2 Å². The van der Waals surface area contributed by atoms with Crippen LogP contribution in [-0.4, -0.2) is 62.1 Å². The van der Waals surface area contributed by atoms with E-state index in [1.54, 1.807) is 30.5 Å². The van der Waals surface area contributed by atoms with Crippen molar-refractivity contribution in [2.45, 2.75) is 11.8 Å². The summed E-state index contributed by atoms with van der Waals surface area (Å²) >= 11 is 0. The molecule has 1 aromatic carbocycles. The fourth-order valence-corrected chi connectivity index (χ4v) is 4.57. The number of sulfonamides is 1. The fourth-order valence-electron chi connectivity index (χ4n) is 3.12. The van der Waals surface area contributed by atoms with E-state index in [4.69, 9.17) is 0 Å². The summed E-state index contributed by atoms with van der Waals surface area (Å²) in [6.45, 7) is 4.15. The number of aryl methyl sites for hydroxylation is 2. The van der Waals surface area contributed by atoms with E-state index in [0.29, 0.717) is 31.1 Å². The van der Waals surface area contributed by atoms with Crippen LogP contribution in [0.2, 0.25) is 0 Å². The lowest BCUT2D eigenvalue weighted by atomic mass is 10.2. The molecule has 1 aliphatic rings. The summed E-state index contributed by atoms with van der Waals surface area (Å²) in [5.41, 5.74) is 4.45. The molecule has 0 spiro atoms. The monoisotopic (exact) mass is 404 g/mol. The van der Waals surface area contributed by atoms with Crippen LogP contribution in [0.5, 0.6) is 0 Å². The van der Waals surface area contributed by atoms with Gasteiger partial charge >= 0.3 is 0 Å². The largest absolute Gasteiger partial charge is 0.350 e. The average molecular weight is 405 g/mol. The summed E-state index contributed by atoms with van der Waals surface area (Å²) in [7, 11) is -1.58. The van der Waals surface area contributed by atoms with Crippen molar-refractivity contribution in [3.63, 3.8) is 0 Å². The number of amides is 1. The highest BCUT2D eigenvalue weighted by Crippen LogP contribution is 2.16. The van der Waals surface area contributed by atoms with Crippen LogP contribution >= 0.6 is 0 Å². The quantitative estimate of drug-likeness (QED) is 0.497. The number of rotatable bonds is 6. The highest BCUT2D eigenvalue weighted by molar-refractivity contribution is 7.89. The maximum absolute atomic E-state index is 12.7. The van der Waals surface area contributed by atoms with Crippen LogP contribution in [0.25, 0.3) is 0 Å². The minimum Gasteiger partial charge on any atom is -0.350 e. The van der Waals surface area contributed by atoms with Gasteiger partial charge in [0.05, 0.1) is 43.0 Å². The first-order valence-corrected chi connectivity index (χ1v) is 10.6. The molecule has 9 heteroatoms. The summed E-state index contributed by atoms with van der Waals surface area (Å²) in [6, 6.07) is 10.7. The Morgan fingerprint density at radius 1 is 1.21 bits per heavy atom. The van der Waals surface area contributed by atoms with Crippen molar-refractivity contribution >= 4 is 22.1 Å². The second kappa shape index (κ2) is 8.68. The van der Waals surface area contributed by atoms with Crippen LogP contribution in [0.1, 0.15) is 11.3 Å². The van der Waals surface area contributed by atoms with Crippen LogP contribution in [-0.2, 0) is 21.9 Å². The lowest BCUT2D eigenvalue weighted by molar-refractivity contribution is -0.895. The van der Waals surface area contributed by atoms with Gasteiger partial charge in [0.25, 0.3) is 5.91 Å². The van der Waals surface area contributed by atoms with Gasteiger partial charge in [-0.05, 0) is 31.2 Å². The molecule has 0 unspecified atom stereocenters. The highest BCUT2D eigenvalue weighted by Gasteiger charge is 2.31. The first-order chi connectivity index (χ1) is 13.4. The number of aromatic nitrogens is 1. The topological polar surface area (TPSA) is 88.2 Å². The molecule has 0 radical (unpaired) electrons. The molecule has 1 aromatic heterocycles. The van der Waals surface area contributed by atoms with E-state index in [1.165, 1.54) is 4.31 Å². The summed E-state index contributed by atoms with van der Waals surface area (Å²) < 4.78 is 28.8. The number of hydrogen-bond acceptors (Lipinski definition) is 4. The molecule has 2 heterocycles. The molecule has 150 valence electrons. The predicted molar refractivity (Wildman–Crippen MR) is 107 cm³/mol. The number of carbonyl (C=O) groups excluding carboxylic acids is 1. The normalized spacial score (nSPS) is 16.5. The van der Waals surface area contributed by atoms with E-state index < -0.39 is 10.0 Å². The number of benzene rings is 1. The first kappa shape index (κ1) is 20.2. The van der Waals surface area contributed by atoms with Gasteiger partial charge in [-0.15, -0.1) is 0 Å². The first-order valence-electron chi connectivity index (χ1n) is 9.20. The molecule has 1 amide bonds. The Labute approximate surface area is 165 Å². The van der Waals surface area contributed by atoms with Crippen LogP contribution < -0.4 is 10.3 Å². The smallest absolute Gasteiger partial charge is 0.295 e. The lowest BCUT2D eigenvalue weighted by Crippen LogP contribution is -3.15. The standard InChI is InChI=1S/C19H25N5O3S/c1-16-5-7-18(8-6-16)28(26,27)24-12-10-23(11-13-24)15-19(25)21-20-14-17-4-3-9-22(17)2/h3-9,14H,10-13,15H2,1-2H3,(H,21,25)/p+1/b20-14-. The van der Waals surface area contributed by atoms with Crippen molar-refractivity contribution in [1.29, 1.82) is 0 Å². The Balaban J connectivity index is 1.48. The summed E-state index contributed by atoms with van der Waals surface area (Å²) in [5, 5.41) is 3.98. The molecule has 0 aliphatic carbocycles. The minimum atomic E-state index is -3.48. The van der Waals surface area contributed by atoms with Crippen molar-refractivity contribution in [3.8, 4) is 0 Å². The molecule has 0 bridgehead atoms. The molecule has 3 rings (SSSR count). The number of piperazine rings is 1. The molecule has 2 N–H and O–H groups in total. The minimum absolute atomic E-state index is 0.185. The number of nitrogens with one attached hydrogen (secondary N) is 2. The zero-order valence-corrected chi connectivity index (χ0v) is 16.9. The van der Waals surface area contributed by atoms with E-state index >= 15 is 0 Å². The van der Waals surface area contributed by atoms with Gasteiger partial charge in [0, 0.05) is 13.2 Å². The van der Waals surface area contributed by atoms with Gasteiger partial charge in [0.2, 0.25) is 10.0 Å². The van der Waals surface area contributed by atoms with Crippen molar-refractivity contribution in [2.75, 3.05) is 32.7 Å². The van der Waals surface area contributed by atoms with Gasteiger partial charge < -0.3 is 9.47 Å². The second-order valence-electron chi connectivity index (χ2n) is 6.98. The van der Waals surface area contributed by atoms with Gasteiger partial charge in [-0.3, -0.25) is 4.79 Å². The number of quaternary nitrogens is 1. The molecule has 1 fully saturated rings. The van der Waals surface area contributed by atoms with Crippen molar-refractivity contribution < 1.29 is 18.1 Å². The molecular weight excluding hydrogens is 378 g/mol. The predicted octanol–water partition coefficient (Wildman–Crippen LogP) is -0.627. The third-order valence-electron chi connectivity index (χ3n) is 4.87.